The van der Waals surface area contributed by atoms with Gasteiger partial charge in [-0.15, -0.1) is 0 Å². The number of cyclic esters (lactones) is 2. The SMILES string of the molecule is ClC1=C(Cl)C(Cl)(Cl)C(Cl)=C1Cl.O=C1OC(=O)C2CCC=CC12. The van der Waals surface area contributed by atoms with Crippen molar-refractivity contribution in [3.63, 3.8) is 0 Å². The van der Waals surface area contributed by atoms with E-state index in [1.165, 1.54) is 0 Å². The summed E-state index contributed by atoms with van der Waals surface area (Å²) in [6.07, 6.45) is 5.34. The largest absolute Gasteiger partial charge is 0.392 e. The topological polar surface area (TPSA) is 43.4 Å². The maximum absolute atomic E-state index is 10.9. The summed E-state index contributed by atoms with van der Waals surface area (Å²) in [5.41, 5.74) is 0. The van der Waals surface area contributed by atoms with Crippen LogP contribution in [0.3, 0.4) is 0 Å². The van der Waals surface area contributed by atoms with Gasteiger partial charge in [-0.25, -0.2) is 0 Å². The molecule has 0 bridgehead atoms. The lowest BCUT2D eigenvalue weighted by molar-refractivity contribution is -0.153. The molecule has 1 heterocycles. The Kier molecular flexibility index (Phi) is 5.80. The maximum atomic E-state index is 10.9. The number of rotatable bonds is 0. The highest BCUT2D eigenvalue weighted by Crippen LogP contribution is 2.53. The number of carbonyl (C=O) groups excluding carboxylic acids is 2. The minimum Gasteiger partial charge on any atom is -0.392 e. The van der Waals surface area contributed by atoms with Crippen molar-refractivity contribution in [3.05, 3.63) is 32.3 Å². The lowest BCUT2D eigenvalue weighted by Gasteiger charge is -2.12. The van der Waals surface area contributed by atoms with Crippen molar-refractivity contribution in [1.29, 1.82) is 0 Å². The molecule has 3 rings (SSSR count). The third kappa shape index (κ3) is 3.31. The van der Waals surface area contributed by atoms with Gasteiger partial charge in [0.2, 0.25) is 0 Å². The van der Waals surface area contributed by atoms with Crippen LogP contribution in [-0.4, -0.2) is 16.3 Å². The highest BCUT2D eigenvalue weighted by Gasteiger charge is 2.43. The van der Waals surface area contributed by atoms with Gasteiger partial charge in [-0.2, -0.15) is 0 Å². The average Bonchev–Trinajstić information content (AvgIpc) is 2.85. The number of carbonyl (C=O) groups is 2. The summed E-state index contributed by atoms with van der Waals surface area (Å²) in [6.45, 7) is 0. The van der Waals surface area contributed by atoms with Crippen LogP contribution in [0.5, 0.6) is 0 Å². The highest BCUT2D eigenvalue weighted by atomic mass is 35.5. The molecule has 9 heteroatoms. The second-order valence-electron chi connectivity index (χ2n) is 4.71. The lowest BCUT2D eigenvalue weighted by Crippen LogP contribution is -2.17. The molecule has 0 aromatic rings. The molecule has 3 aliphatic rings. The van der Waals surface area contributed by atoms with Gasteiger partial charge in [0, 0.05) is 0 Å². The van der Waals surface area contributed by atoms with Gasteiger partial charge in [0.1, 0.15) is 0 Å². The Morgan fingerprint density at radius 1 is 1.00 bits per heavy atom. The third-order valence-corrected chi connectivity index (χ3v) is 6.46. The van der Waals surface area contributed by atoms with E-state index < -0.39 is 4.33 Å². The van der Waals surface area contributed by atoms with Crippen molar-refractivity contribution in [1.82, 2.24) is 0 Å². The van der Waals surface area contributed by atoms with Crippen LogP contribution in [0.4, 0.5) is 0 Å². The molecule has 1 saturated heterocycles. The summed E-state index contributed by atoms with van der Waals surface area (Å²) in [5.74, 6) is -1.19. The molecule has 0 spiro atoms. The highest BCUT2D eigenvalue weighted by molar-refractivity contribution is 6.67. The smallest absolute Gasteiger partial charge is 0.321 e. The van der Waals surface area contributed by atoms with E-state index >= 15 is 0 Å². The number of alkyl halides is 2. The van der Waals surface area contributed by atoms with Gasteiger partial charge in [0.05, 0.1) is 32.0 Å². The zero-order valence-electron chi connectivity index (χ0n) is 10.7. The number of hydrogen-bond acceptors (Lipinski definition) is 3. The van der Waals surface area contributed by atoms with Gasteiger partial charge in [-0.3, -0.25) is 9.59 Å². The summed E-state index contributed by atoms with van der Waals surface area (Å²) < 4.78 is 3.00. The predicted octanol–water partition coefficient (Wildman–Crippen LogP) is 5.20. The first-order valence-corrected chi connectivity index (χ1v) is 8.36. The molecule has 22 heavy (non-hydrogen) atoms. The molecule has 2 atom stereocenters. The molecule has 1 fully saturated rings. The Morgan fingerprint density at radius 3 is 1.95 bits per heavy atom. The van der Waals surface area contributed by atoms with Gasteiger partial charge in [-0.05, 0) is 12.8 Å². The van der Waals surface area contributed by atoms with E-state index in [1.807, 2.05) is 6.08 Å². The monoisotopic (exact) mass is 422 g/mol. The molecular formula is C13H8Cl6O3. The number of hydrogen-bond donors (Lipinski definition) is 0. The summed E-state index contributed by atoms with van der Waals surface area (Å²) in [4.78, 5) is 21.9. The Balaban J connectivity index is 0.000000160. The van der Waals surface area contributed by atoms with Crippen molar-refractivity contribution in [2.45, 2.75) is 17.2 Å². The fraction of sp³-hybridized carbons (Fsp3) is 0.385. The molecule has 1 aliphatic heterocycles. The molecule has 0 radical (unpaired) electrons. The number of allylic oxidation sites excluding steroid dienone is 5. The summed E-state index contributed by atoms with van der Waals surface area (Å²) in [5, 5.41) is 0.279. The van der Waals surface area contributed by atoms with Crippen LogP contribution < -0.4 is 0 Å². The van der Waals surface area contributed by atoms with E-state index in [0.29, 0.717) is 0 Å². The second-order valence-corrected chi connectivity index (χ2v) is 7.55. The minimum atomic E-state index is -1.47. The Hall–Kier alpha value is 0.1000. The van der Waals surface area contributed by atoms with E-state index in [-0.39, 0.29) is 43.9 Å². The van der Waals surface area contributed by atoms with Crippen molar-refractivity contribution < 1.29 is 14.3 Å². The maximum Gasteiger partial charge on any atom is 0.321 e. The predicted molar refractivity (Wildman–Crippen MR) is 88.4 cm³/mol. The van der Waals surface area contributed by atoms with Crippen molar-refractivity contribution in [2.75, 3.05) is 0 Å². The van der Waals surface area contributed by atoms with Crippen LogP contribution >= 0.6 is 69.6 Å². The Labute approximate surface area is 156 Å². The quantitative estimate of drug-likeness (QED) is 0.232. The van der Waals surface area contributed by atoms with E-state index in [1.54, 1.807) is 6.08 Å². The van der Waals surface area contributed by atoms with Gasteiger partial charge in [0.25, 0.3) is 0 Å². The molecule has 0 aromatic carbocycles. The van der Waals surface area contributed by atoms with Crippen LogP contribution in [0.25, 0.3) is 0 Å². The van der Waals surface area contributed by atoms with Gasteiger partial charge < -0.3 is 4.74 Å². The van der Waals surface area contributed by atoms with Crippen molar-refractivity contribution in [3.8, 4) is 0 Å². The molecule has 0 aromatic heterocycles. The zero-order valence-corrected chi connectivity index (χ0v) is 15.3. The second kappa shape index (κ2) is 6.92. The molecule has 2 aliphatic carbocycles. The number of esters is 2. The molecule has 2 unspecified atom stereocenters. The average molecular weight is 425 g/mol. The van der Waals surface area contributed by atoms with Gasteiger partial charge in [0.15, 0.2) is 4.33 Å². The standard InChI is InChI=1S/C8H8O3.C5Cl6/c9-7-5-3-1-2-4-6(5)8(10)11-7;6-1-2(7)4(9)5(10,11)3(1)8/h1,3,5-6H,2,4H2;. The molecule has 120 valence electrons. The summed E-state index contributed by atoms with van der Waals surface area (Å²) >= 11 is 33.8. The number of halogens is 6. The van der Waals surface area contributed by atoms with Gasteiger partial charge in [-0.1, -0.05) is 81.8 Å². The van der Waals surface area contributed by atoms with Crippen LogP contribution in [-0.2, 0) is 14.3 Å². The Morgan fingerprint density at radius 2 is 1.55 bits per heavy atom. The zero-order chi connectivity index (χ0) is 16.7. The number of ether oxygens (including phenoxy) is 1. The molecule has 0 N–H and O–H groups in total. The normalized spacial score (nSPS) is 29.4. The van der Waals surface area contributed by atoms with E-state index in [4.69, 9.17) is 69.6 Å². The third-order valence-electron chi connectivity index (χ3n) is 3.33. The first kappa shape index (κ1) is 18.4. The van der Waals surface area contributed by atoms with Crippen LogP contribution in [0, 0.1) is 11.8 Å². The molecule has 0 saturated carbocycles. The fourth-order valence-corrected chi connectivity index (χ4v) is 3.71. The van der Waals surface area contributed by atoms with Crippen LogP contribution in [0.1, 0.15) is 12.8 Å². The minimum absolute atomic E-state index is 0.0394. The van der Waals surface area contributed by atoms with Crippen molar-refractivity contribution >= 4 is 81.5 Å². The molecule has 3 nitrogen and oxygen atoms in total. The van der Waals surface area contributed by atoms with E-state index in [9.17, 15) is 9.59 Å². The summed E-state index contributed by atoms with van der Waals surface area (Å²) in [7, 11) is 0. The van der Waals surface area contributed by atoms with E-state index in [2.05, 4.69) is 4.74 Å². The molecular weight excluding hydrogens is 417 g/mol. The first-order chi connectivity index (χ1) is 10.2. The fourth-order valence-electron chi connectivity index (χ4n) is 2.15. The van der Waals surface area contributed by atoms with Crippen LogP contribution in [0.15, 0.2) is 32.3 Å². The number of fused-ring (bicyclic) bond motifs is 1. The first-order valence-electron chi connectivity index (χ1n) is 6.09. The van der Waals surface area contributed by atoms with E-state index in [0.717, 1.165) is 12.8 Å². The lowest BCUT2D eigenvalue weighted by atomic mass is 9.86. The molecule has 0 amide bonds. The van der Waals surface area contributed by atoms with Gasteiger partial charge >= 0.3 is 11.9 Å². The van der Waals surface area contributed by atoms with Crippen LogP contribution in [0.2, 0.25) is 0 Å². The Bertz CT molecular complexity index is 593. The summed E-state index contributed by atoms with van der Waals surface area (Å²) in [6, 6.07) is 0. The van der Waals surface area contributed by atoms with Crippen molar-refractivity contribution in [2.24, 2.45) is 11.8 Å².